The Balaban J connectivity index is 2.23. The molecule has 0 spiro atoms. The van der Waals surface area contributed by atoms with Gasteiger partial charge >= 0.3 is 0 Å². The van der Waals surface area contributed by atoms with E-state index in [1.165, 1.54) is 0 Å². The van der Waals surface area contributed by atoms with Crippen LogP contribution in [0.15, 0.2) is 24.3 Å². The van der Waals surface area contributed by atoms with Gasteiger partial charge in [0, 0.05) is 24.9 Å². The summed E-state index contributed by atoms with van der Waals surface area (Å²) < 4.78 is 35.8. The minimum atomic E-state index is -3.30. The Morgan fingerprint density at radius 2 is 2.11 bits per heavy atom. The van der Waals surface area contributed by atoms with Crippen LogP contribution in [-0.2, 0) is 14.8 Å². The maximum absolute atomic E-state index is 11.5. The van der Waals surface area contributed by atoms with E-state index in [2.05, 4.69) is 4.72 Å². The fourth-order valence-corrected chi connectivity index (χ4v) is 2.23. The number of nitrogen functional groups attached to an aromatic ring is 1. The predicted octanol–water partition coefficient (Wildman–Crippen LogP) is 0.604. The van der Waals surface area contributed by atoms with E-state index < -0.39 is 10.0 Å². The van der Waals surface area contributed by atoms with Crippen molar-refractivity contribution in [3.63, 3.8) is 0 Å². The Kier molecular flexibility index (Phi) is 6.61. The molecule has 7 heteroatoms. The van der Waals surface area contributed by atoms with Crippen molar-refractivity contribution < 1.29 is 17.9 Å². The maximum Gasteiger partial charge on any atom is 0.213 e. The molecule has 0 bridgehead atoms. The second kappa shape index (κ2) is 7.98. The molecule has 0 aliphatic rings. The summed E-state index contributed by atoms with van der Waals surface area (Å²) in [6, 6.07) is 6.98. The van der Waals surface area contributed by atoms with Crippen molar-refractivity contribution in [2.45, 2.75) is 6.92 Å². The van der Waals surface area contributed by atoms with Crippen LogP contribution in [0.4, 0.5) is 5.69 Å². The smallest absolute Gasteiger partial charge is 0.213 e. The molecule has 1 aromatic rings. The van der Waals surface area contributed by atoms with Crippen molar-refractivity contribution in [2.75, 3.05) is 37.9 Å². The average Bonchev–Trinajstić information content (AvgIpc) is 2.35. The van der Waals surface area contributed by atoms with Gasteiger partial charge in [-0.05, 0) is 19.1 Å². The molecule has 0 radical (unpaired) electrons. The van der Waals surface area contributed by atoms with E-state index in [-0.39, 0.29) is 25.5 Å². The molecule has 0 fully saturated rings. The molecule has 0 unspecified atom stereocenters. The van der Waals surface area contributed by atoms with E-state index in [4.69, 9.17) is 15.2 Å². The van der Waals surface area contributed by atoms with E-state index in [0.717, 1.165) is 0 Å². The Morgan fingerprint density at radius 3 is 2.79 bits per heavy atom. The number of hydrogen-bond donors (Lipinski definition) is 2. The zero-order valence-electron chi connectivity index (χ0n) is 11.0. The molecule has 0 heterocycles. The van der Waals surface area contributed by atoms with Crippen LogP contribution in [0.1, 0.15) is 6.92 Å². The van der Waals surface area contributed by atoms with Crippen molar-refractivity contribution in [2.24, 2.45) is 0 Å². The van der Waals surface area contributed by atoms with Gasteiger partial charge in [-0.2, -0.15) is 0 Å². The number of hydrogen-bond acceptors (Lipinski definition) is 5. The monoisotopic (exact) mass is 288 g/mol. The van der Waals surface area contributed by atoms with Crippen molar-refractivity contribution in [1.29, 1.82) is 0 Å². The minimum Gasteiger partial charge on any atom is -0.492 e. The Hall–Kier alpha value is -1.31. The molecule has 0 aliphatic heterocycles. The highest BCUT2D eigenvalue weighted by molar-refractivity contribution is 7.89. The van der Waals surface area contributed by atoms with Crippen LogP contribution >= 0.6 is 0 Å². The predicted molar refractivity (Wildman–Crippen MR) is 74.6 cm³/mol. The number of nitrogens with one attached hydrogen (secondary N) is 1. The van der Waals surface area contributed by atoms with Crippen molar-refractivity contribution in [3.8, 4) is 5.75 Å². The van der Waals surface area contributed by atoms with Crippen LogP contribution in [0.25, 0.3) is 0 Å². The van der Waals surface area contributed by atoms with Gasteiger partial charge in [0.2, 0.25) is 10.0 Å². The van der Waals surface area contributed by atoms with Gasteiger partial charge in [0.25, 0.3) is 0 Å². The van der Waals surface area contributed by atoms with E-state index in [1.807, 2.05) is 6.92 Å². The van der Waals surface area contributed by atoms with Gasteiger partial charge in [0.1, 0.15) is 12.4 Å². The lowest BCUT2D eigenvalue weighted by molar-refractivity contribution is 0.163. The van der Waals surface area contributed by atoms with Crippen LogP contribution in [0.5, 0.6) is 5.75 Å². The largest absolute Gasteiger partial charge is 0.492 e. The van der Waals surface area contributed by atoms with Gasteiger partial charge in [-0.3, -0.25) is 0 Å². The highest BCUT2D eigenvalue weighted by Gasteiger charge is 2.08. The molecule has 19 heavy (non-hydrogen) atoms. The second-order valence-electron chi connectivity index (χ2n) is 3.83. The molecule has 108 valence electrons. The van der Waals surface area contributed by atoms with E-state index in [1.54, 1.807) is 24.3 Å². The number of anilines is 1. The molecule has 1 aromatic carbocycles. The maximum atomic E-state index is 11.5. The van der Waals surface area contributed by atoms with Crippen molar-refractivity contribution in [1.82, 2.24) is 4.72 Å². The third-order valence-corrected chi connectivity index (χ3v) is 3.60. The summed E-state index contributed by atoms with van der Waals surface area (Å²) in [4.78, 5) is 0. The molecule has 0 aromatic heterocycles. The molecule has 6 nitrogen and oxygen atoms in total. The molecule has 0 atom stereocenters. The normalized spacial score (nSPS) is 11.4. The van der Waals surface area contributed by atoms with Crippen LogP contribution in [-0.4, -0.2) is 40.5 Å². The lowest BCUT2D eigenvalue weighted by Gasteiger charge is -2.09. The van der Waals surface area contributed by atoms with Gasteiger partial charge in [-0.15, -0.1) is 0 Å². The number of benzene rings is 1. The Morgan fingerprint density at radius 1 is 1.32 bits per heavy atom. The summed E-state index contributed by atoms with van der Waals surface area (Å²) >= 11 is 0. The summed E-state index contributed by atoms with van der Waals surface area (Å²) in [5.41, 5.74) is 6.20. The zero-order chi connectivity index (χ0) is 14.1. The van der Waals surface area contributed by atoms with Gasteiger partial charge in [-0.1, -0.05) is 6.07 Å². The number of rotatable bonds is 9. The third-order valence-electron chi connectivity index (χ3n) is 2.25. The second-order valence-corrected chi connectivity index (χ2v) is 5.76. The Labute approximate surface area is 113 Å². The van der Waals surface area contributed by atoms with Crippen LogP contribution in [0.2, 0.25) is 0 Å². The molecule has 0 amide bonds. The van der Waals surface area contributed by atoms with E-state index >= 15 is 0 Å². The van der Waals surface area contributed by atoms with E-state index in [0.29, 0.717) is 18.0 Å². The van der Waals surface area contributed by atoms with Crippen molar-refractivity contribution in [3.05, 3.63) is 24.3 Å². The van der Waals surface area contributed by atoms with Crippen LogP contribution in [0.3, 0.4) is 0 Å². The fraction of sp³-hybridized carbons (Fsp3) is 0.500. The molecule has 1 rings (SSSR count). The molecular formula is C12H20N2O4S. The molecule has 0 saturated heterocycles. The lowest BCUT2D eigenvalue weighted by atomic mass is 10.3. The van der Waals surface area contributed by atoms with Gasteiger partial charge in [0.05, 0.1) is 12.4 Å². The quantitative estimate of drug-likeness (QED) is 0.513. The first-order valence-electron chi connectivity index (χ1n) is 6.07. The topological polar surface area (TPSA) is 90.7 Å². The van der Waals surface area contributed by atoms with Gasteiger partial charge in [-0.25, -0.2) is 13.1 Å². The number of sulfonamides is 1. The lowest BCUT2D eigenvalue weighted by Crippen LogP contribution is -2.31. The summed E-state index contributed by atoms with van der Waals surface area (Å²) in [7, 11) is -3.30. The summed E-state index contributed by atoms with van der Waals surface area (Å²) in [5.74, 6) is 0.576. The van der Waals surface area contributed by atoms with Gasteiger partial charge < -0.3 is 15.2 Å². The Bertz CT molecular complexity index is 476. The SMILES string of the molecule is CCOCCS(=O)(=O)NCCOc1cccc(N)c1. The molecule has 0 aliphatic carbocycles. The first-order valence-corrected chi connectivity index (χ1v) is 7.72. The summed E-state index contributed by atoms with van der Waals surface area (Å²) in [6.07, 6.45) is 0. The van der Waals surface area contributed by atoms with Crippen molar-refractivity contribution >= 4 is 15.7 Å². The first-order chi connectivity index (χ1) is 9.03. The fourth-order valence-electron chi connectivity index (χ4n) is 1.36. The first kappa shape index (κ1) is 15.7. The zero-order valence-corrected chi connectivity index (χ0v) is 11.8. The van der Waals surface area contributed by atoms with Crippen LogP contribution < -0.4 is 15.2 Å². The molecular weight excluding hydrogens is 268 g/mol. The standard InChI is InChI=1S/C12H20N2O4S/c1-2-17-8-9-19(15,16)14-6-7-18-12-5-3-4-11(13)10-12/h3-5,10,14H,2,6-9,13H2,1H3. The highest BCUT2D eigenvalue weighted by atomic mass is 32.2. The molecule has 0 saturated carbocycles. The summed E-state index contributed by atoms with van der Waals surface area (Å²) in [6.45, 7) is 2.98. The average molecular weight is 288 g/mol. The number of ether oxygens (including phenoxy) is 2. The minimum absolute atomic E-state index is 0.0425. The summed E-state index contributed by atoms with van der Waals surface area (Å²) in [5, 5.41) is 0. The number of nitrogens with two attached hydrogens (primary N) is 1. The van der Waals surface area contributed by atoms with E-state index in [9.17, 15) is 8.42 Å². The van der Waals surface area contributed by atoms with Crippen LogP contribution in [0, 0.1) is 0 Å². The molecule has 3 N–H and O–H groups in total. The third kappa shape index (κ3) is 7.00. The highest BCUT2D eigenvalue weighted by Crippen LogP contribution is 2.13. The van der Waals surface area contributed by atoms with Gasteiger partial charge in [0.15, 0.2) is 0 Å².